The van der Waals surface area contributed by atoms with Gasteiger partial charge in [-0.2, -0.15) is 0 Å². The van der Waals surface area contributed by atoms with Gasteiger partial charge in [-0.3, -0.25) is 9.59 Å². The lowest BCUT2D eigenvalue weighted by molar-refractivity contribution is -0.128. The van der Waals surface area contributed by atoms with Crippen molar-refractivity contribution in [3.63, 3.8) is 0 Å². The predicted octanol–water partition coefficient (Wildman–Crippen LogP) is 4.20. The third-order valence-electron chi connectivity index (χ3n) is 4.00. The van der Waals surface area contributed by atoms with Gasteiger partial charge in [0.15, 0.2) is 6.61 Å². The van der Waals surface area contributed by atoms with Crippen LogP contribution in [0.1, 0.15) is 45.9 Å². The number of para-hydroxylation sites is 1. The maximum absolute atomic E-state index is 12.3. The van der Waals surface area contributed by atoms with Gasteiger partial charge in [0.25, 0.3) is 0 Å². The molecule has 0 aliphatic heterocycles. The SMILES string of the molecule is CC(C)(C)C(=O)NCc1ccc(C(=O)COC(=O)c2cc3ccccc3o2)s1. The number of ketones is 1. The lowest BCUT2D eigenvalue weighted by Gasteiger charge is -2.17. The molecule has 0 bridgehead atoms. The molecule has 0 fully saturated rings. The molecule has 0 unspecified atom stereocenters. The van der Waals surface area contributed by atoms with E-state index in [-0.39, 0.29) is 24.1 Å². The molecular weight excluding hydrogens is 378 g/mol. The number of Topliss-reactive ketones (excluding diaryl/α,β-unsaturated/α-hetero) is 1. The smallest absolute Gasteiger partial charge is 0.374 e. The zero-order valence-electron chi connectivity index (χ0n) is 15.9. The van der Waals surface area contributed by atoms with Crippen LogP contribution in [0.3, 0.4) is 0 Å². The molecule has 3 aromatic rings. The number of hydrogen-bond acceptors (Lipinski definition) is 6. The number of hydrogen-bond donors (Lipinski definition) is 1. The van der Waals surface area contributed by atoms with E-state index in [0.717, 1.165) is 10.3 Å². The summed E-state index contributed by atoms with van der Waals surface area (Å²) in [7, 11) is 0. The van der Waals surface area contributed by atoms with Crippen LogP contribution in [-0.4, -0.2) is 24.3 Å². The average Bonchev–Trinajstić information content (AvgIpc) is 3.29. The average molecular weight is 399 g/mol. The number of rotatable bonds is 6. The van der Waals surface area contributed by atoms with Gasteiger partial charge in [-0.1, -0.05) is 39.0 Å². The van der Waals surface area contributed by atoms with Crippen molar-refractivity contribution in [2.75, 3.05) is 6.61 Å². The van der Waals surface area contributed by atoms with Crippen molar-refractivity contribution in [2.45, 2.75) is 27.3 Å². The molecule has 0 radical (unpaired) electrons. The van der Waals surface area contributed by atoms with Crippen LogP contribution in [0.15, 0.2) is 46.9 Å². The van der Waals surface area contributed by atoms with Crippen LogP contribution in [-0.2, 0) is 16.1 Å². The van der Waals surface area contributed by atoms with E-state index in [0.29, 0.717) is 17.0 Å². The first kappa shape index (κ1) is 19.8. The summed E-state index contributed by atoms with van der Waals surface area (Å²) in [5, 5.41) is 3.63. The third kappa shape index (κ3) is 4.67. The van der Waals surface area contributed by atoms with Crippen molar-refractivity contribution in [3.05, 3.63) is 58.0 Å². The summed E-state index contributed by atoms with van der Waals surface area (Å²) in [4.78, 5) is 37.6. The monoisotopic (exact) mass is 399 g/mol. The Morgan fingerprint density at radius 2 is 1.86 bits per heavy atom. The number of furan rings is 1. The van der Waals surface area contributed by atoms with Crippen LogP contribution >= 0.6 is 11.3 Å². The molecule has 1 amide bonds. The molecule has 2 aromatic heterocycles. The maximum Gasteiger partial charge on any atom is 0.374 e. The second kappa shape index (κ2) is 7.98. The highest BCUT2D eigenvalue weighted by atomic mass is 32.1. The Balaban J connectivity index is 1.54. The summed E-state index contributed by atoms with van der Waals surface area (Å²) in [6.45, 7) is 5.49. The van der Waals surface area contributed by atoms with Crippen LogP contribution in [0.2, 0.25) is 0 Å². The van der Waals surface area contributed by atoms with Crippen molar-refractivity contribution in [1.82, 2.24) is 5.32 Å². The summed E-state index contributed by atoms with van der Waals surface area (Å²) in [5.74, 6) is -0.985. The number of ether oxygens (including phenoxy) is 1. The normalized spacial score (nSPS) is 11.4. The molecule has 0 saturated heterocycles. The molecule has 0 aliphatic rings. The van der Waals surface area contributed by atoms with E-state index in [1.165, 1.54) is 11.3 Å². The fourth-order valence-corrected chi connectivity index (χ4v) is 3.28. The lowest BCUT2D eigenvalue weighted by Crippen LogP contribution is -2.34. The van der Waals surface area contributed by atoms with E-state index in [1.54, 1.807) is 24.3 Å². The molecule has 1 aromatic carbocycles. The minimum atomic E-state index is -0.682. The number of nitrogens with one attached hydrogen (secondary N) is 1. The van der Waals surface area contributed by atoms with Gasteiger partial charge >= 0.3 is 5.97 Å². The number of esters is 1. The highest BCUT2D eigenvalue weighted by Crippen LogP contribution is 2.21. The first-order valence-electron chi connectivity index (χ1n) is 8.80. The summed E-state index contributed by atoms with van der Waals surface area (Å²) in [6, 6.07) is 12.3. The van der Waals surface area contributed by atoms with Crippen LogP contribution in [0.25, 0.3) is 11.0 Å². The summed E-state index contributed by atoms with van der Waals surface area (Å²) < 4.78 is 10.5. The number of fused-ring (bicyclic) bond motifs is 1. The fraction of sp³-hybridized carbons (Fsp3) is 0.286. The first-order chi connectivity index (χ1) is 13.2. The highest BCUT2D eigenvalue weighted by Gasteiger charge is 2.21. The Hall–Kier alpha value is -2.93. The molecule has 6 nitrogen and oxygen atoms in total. The minimum absolute atomic E-state index is 0.0609. The Morgan fingerprint density at radius 1 is 1.11 bits per heavy atom. The van der Waals surface area contributed by atoms with Gasteiger partial charge in [0.2, 0.25) is 17.5 Å². The topological polar surface area (TPSA) is 85.6 Å². The number of carbonyl (C=O) groups is 3. The first-order valence-corrected chi connectivity index (χ1v) is 9.61. The summed E-state index contributed by atoms with van der Waals surface area (Å²) in [5.41, 5.74) is 0.113. The van der Waals surface area contributed by atoms with E-state index in [2.05, 4.69) is 5.32 Å². The number of amides is 1. The summed E-state index contributed by atoms with van der Waals surface area (Å²) in [6.07, 6.45) is 0. The van der Waals surface area contributed by atoms with Gasteiger partial charge in [-0.25, -0.2) is 4.79 Å². The minimum Gasteiger partial charge on any atom is -0.451 e. The zero-order valence-corrected chi connectivity index (χ0v) is 16.7. The zero-order chi connectivity index (χ0) is 20.3. The molecule has 1 N–H and O–H groups in total. The molecule has 28 heavy (non-hydrogen) atoms. The van der Waals surface area contributed by atoms with Gasteiger partial charge in [0.1, 0.15) is 5.58 Å². The molecule has 7 heteroatoms. The van der Waals surface area contributed by atoms with E-state index in [1.807, 2.05) is 39.0 Å². The van der Waals surface area contributed by atoms with Crippen molar-refractivity contribution in [2.24, 2.45) is 5.41 Å². The Kier molecular flexibility index (Phi) is 5.65. The lowest BCUT2D eigenvalue weighted by atomic mass is 9.96. The van der Waals surface area contributed by atoms with E-state index in [9.17, 15) is 14.4 Å². The largest absolute Gasteiger partial charge is 0.451 e. The standard InChI is InChI=1S/C21H21NO5S/c1-21(2,3)20(25)22-11-14-8-9-18(28-14)15(23)12-26-19(24)17-10-13-6-4-5-7-16(13)27-17/h4-10H,11-12H2,1-3H3,(H,22,25). The van der Waals surface area contributed by atoms with Gasteiger partial charge in [0, 0.05) is 15.7 Å². The summed E-state index contributed by atoms with van der Waals surface area (Å²) >= 11 is 1.27. The van der Waals surface area contributed by atoms with Crippen molar-refractivity contribution < 1.29 is 23.5 Å². The van der Waals surface area contributed by atoms with Crippen LogP contribution in [0.5, 0.6) is 0 Å². The highest BCUT2D eigenvalue weighted by molar-refractivity contribution is 7.14. The van der Waals surface area contributed by atoms with Gasteiger partial charge in [-0.05, 0) is 24.3 Å². The van der Waals surface area contributed by atoms with Gasteiger partial charge in [-0.15, -0.1) is 11.3 Å². The Bertz CT molecular complexity index is 992. The van der Waals surface area contributed by atoms with Gasteiger partial charge in [0.05, 0.1) is 11.4 Å². The predicted molar refractivity (Wildman–Crippen MR) is 106 cm³/mol. The van der Waals surface area contributed by atoms with Crippen molar-refractivity contribution in [3.8, 4) is 0 Å². The maximum atomic E-state index is 12.3. The van der Waals surface area contributed by atoms with E-state index < -0.39 is 11.4 Å². The molecule has 0 saturated carbocycles. The van der Waals surface area contributed by atoms with E-state index in [4.69, 9.17) is 9.15 Å². The molecular formula is C21H21NO5S. The number of carbonyl (C=O) groups excluding carboxylic acids is 3. The number of thiophene rings is 1. The van der Waals surface area contributed by atoms with Crippen molar-refractivity contribution >= 4 is 40.0 Å². The third-order valence-corrected chi connectivity index (χ3v) is 5.13. The van der Waals surface area contributed by atoms with Gasteiger partial charge < -0.3 is 14.5 Å². The molecule has 2 heterocycles. The second-order valence-electron chi connectivity index (χ2n) is 7.35. The molecule has 0 aliphatic carbocycles. The number of benzene rings is 1. The van der Waals surface area contributed by atoms with Crippen LogP contribution in [0, 0.1) is 5.41 Å². The van der Waals surface area contributed by atoms with Crippen LogP contribution in [0.4, 0.5) is 0 Å². The quantitative estimate of drug-likeness (QED) is 0.496. The molecule has 3 rings (SSSR count). The van der Waals surface area contributed by atoms with E-state index >= 15 is 0 Å². The molecule has 0 spiro atoms. The molecule has 0 atom stereocenters. The Labute approximate surface area is 166 Å². The van der Waals surface area contributed by atoms with Crippen molar-refractivity contribution in [1.29, 1.82) is 0 Å². The fourth-order valence-electron chi connectivity index (χ4n) is 2.41. The molecule has 146 valence electrons. The van der Waals surface area contributed by atoms with Crippen LogP contribution < -0.4 is 5.32 Å². The Morgan fingerprint density at radius 3 is 2.57 bits per heavy atom. The second-order valence-corrected chi connectivity index (χ2v) is 8.51.